The number of carboxylic acids is 1. The zero-order valence-electron chi connectivity index (χ0n) is 9.99. The normalized spacial score (nSPS) is 12.7. The third kappa shape index (κ3) is 8.23. The highest BCUT2D eigenvalue weighted by Crippen LogP contribution is 2.10. The number of aliphatic carboxylic acids is 1. The van der Waals surface area contributed by atoms with Gasteiger partial charge < -0.3 is 5.11 Å². The minimum absolute atomic E-state index is 0.112. The molecule has 0 amide bonds. The molecule has 16 heavy (non-hydrogen) atoms. The number of rotatable bonds is 5. The topological polar surface area (TPSA) is 62.0 Å². The molecule has 0 aliphatic rings. The smallest absolute Gasteiger partial charge is 0.304 e. The zero-order chi connectivity index (χ0) is 12.6. The van der Waals surface area contributed by atoms with Gasteiger partial charge in [0, 0.05) is 17.2 Å². The Morgan fingerprint density at radius 3 is 2.44 bits per heavy atom. The summed E-state index contributed by atoms with van der Waals surface area (Å²) in [5.74, 6) is -0.333. The van der Waals surface area contributed by atoms with E-state index in [0.29, 0.717) is 16.6 Å². The molecular formula is C11H18N2O2S. The Morgan fingerprint density at radius 2 is 2.00 bits per heavy atom. The van der Waals surface area contributed by atoms with E-state index in [0.717, 1.165) is 12.1 Å². The maximum atomic E-state index is 10.4. The maximum Gasteiger partial charge on any atom is 0.304 e. The van der Waals surface area contributed by atoms with Gasteiger partial charge in [-0.25, -0.2) is 9.98 Å². The van der Waals surface area contributed by atoms with E-state index in [2.05, 4.69) is 16.6 Å². The average Bonchev–Trinajstić information content (AvgIpc) is 2.15. The van der Waals surface area contributed by atoms with Crippen LogP contribution in [0.25, 0.3) is 0 Å². The van der Waals surface area contributed by atoms with Crippen LogP contribution in [-0.2, 0) is 4.79 Å². The standard InChI is InChI=1S/C11H18N2O2S/c1-5-9(4)13-11(12-8(2)3)16-7-6-10(14)15/h2,5-7H2,1,3-4H3,(H,14,15)/b12-11?,13-9+. The lowest BCUT2D eigenvalue weighted by Crippen LogP contribution is -2.01. The van der Waals surface area contributed by atoms with E-state index in [-0.39, 0.29) is 6.42 Å². The summed E-state index contributed by atoms with van der Waals surface area (Å²) in [7, 11) is 0. The molecule has 0 aliphatic carbocycles. The van der Waals surface area contributed by atoms with Crippen molar-refractivity contribution in [3.8, 4) is 0 Å². The molecule has 0 spiro atoms. The highest BCUT2D eigenvalue weighted by molar-refractivity contribution is 8.13. The van der Waals surface area contributed by atoms with Gasteiger partial charge in [0.2, 0.25) is 0 Å². The van der Waals surface area contributed by atoms with Crippen LogP contribution in [0.2, 0.25) is 0 Å². The van der Waals surface area contributed by atoms with E-state index < -0.39 is 5.97 Å². The molecule has 0 bridgehead atoms. The van der Waals surface area contributed by atoms with E-state index in [4.69, 9.17) is 5.11 Å². The van der Waals surface area contributed by atoms with Crippen molar-refractivity contribution >= 4 is 28.6 Å². The third-order valence-corrected chi connectivity index (χ3v) is 2.48. The highest BCUT2D eigenvalue weighted by Gasteiger charge is 2.02. The van der Waals surface area contributed by atoms with E-state index in [1.54, 1.807) is 6.92 Å². The van der Waals surface area contributed by atoms with Crippen LogP contribution in [0.1, 0.15) is 33.6 Å². The molecule has 0 saturated heterocycles. The monoisotopic (exact) mass is 242 g/mol. The molecule has 0 rings (SSSR count). The minimum atomic E-state index is -0.807. The lowest BCUT2D eigenvalue weighted by atomic mass is 10.3. The predicted octanol–water partition coefficient (Wildman–Crippen LogP) is 2.95. The quantitative estimate of drug-likeness (QED) is 0.595. The molecule has 0 radical (unpaired) electrons. The first kappa shape index (κ1) is 14.9. The fourth-order valence-electron chi connectivity index (χ4n) is 0.725. The fraction of sp³-hybridized carbons (Fsp3) is 0.545. The number of hydrogen-bond donors (Lipinski definition) is 1. The van der Waals surface area contributed by atoms with Crippen LogP contribution >= 0.6 is 11.8 Å². The second-order valence-electron chi connectivity index (χ2n) is 3.32. The molecule has 5 heteroatoms. The summed E-state index contributed by atoms with van der Waals surface area (Å²) >= 11 is 1.34. The molecule has 0 aromatic carbocycles. The lowest BCUT2D eigenvalue weighted by molar-refractivity contribution is -0.136. The van der Waals surface area contributed by atoms with Crippen molar-refractivity contribution in [2.24, 2.45) is 9.98 Å². The van der Waals surface area contributed by atoms with Gasteiger partial charge in [0.1, 0.15) is 0 Å². The average molecular weight is 242 g/mol. The summed E-state index contributed by atoms with van der Waals surface area (Å²) in [6.07, 6.45) is 0.968. The van der Waals surface area contributed by atoms with Gasteiger partial charge >= 0.3 is 5.97 Å². The SMILES string of the molecule is C=C(C)N=C(/N=C(\C)CC)SCCC(=O)O. The highest BCUT2D eigenvalue weighted by atomic mass is 32.2. The first-order valence-corrected chi connectivity index (χ1v) is 6.07. The Labute approximate surface area is 101 Å². The molecular weight excluding hydrogens is 224 g/mol. The largest absolute Gasteiger partial charge is 0.481 e. The molecule has 0 aliphatic heterocycles. The van der Waals surface area contributed by atoms with Gasteiger partial charge in [0.25, 0.3) is 0 Å². The Hall–Kier alpha value is -1.10. The number of aliphatic imine (C=N–C) groups is 2. The molecule has 1 N–H and O–H groups in total. The number of carbonyl (C=O) groups is 1. The lowest BCUT2D eigenvalue weighted by Gasteiger charge is -2.01. The molecule has 0 fully saturated rings. The Morgan fingerprint density at radius 1 is 1.38 bits per heavy atom. The summed E-state index contributed by atoms with van der Waals surface area (Å²) in [5.41, 5.74) is 1.65. The van der Waals surface area contributed by atoms with Crippen molar-refractivity contribution in [2.45, 2.75) is 33.6 Å². The fourth-order valence-corrected chi connectivity index (χ4v) is 1.62. The third-order valence-electron chi connectivity index (χ3n) is 1.63. The summed E-state index contributed by atoms with van der Waals surface area (Å²) in [5, 5.41) is 9.12. The molecule has 4 nitrogen and oxygen atoms in total. The van der Waals surface area contributed by atoms with Crippen LogP contribution in [0.3, 0.4) is 0 Å². The number of nitrogens with zero attached hydrogens (tertiary/aromatic N) is 2. The van der Waals surface area contributed by atoms with Crippen LogP contribution in [-0.4, -0.2) is 27.7 Å². The van der Waals surface area contributed by atoms with Crippen molar-refractivity contribution in [2.75, 3.05) is 5.75 Å². The van der Waals surface area contributed by atoms with E-state index in [1.165, 1.54) is 11.8 Å². The summed E-state index contributed by atoms with van der Waals surface area (Å²) in [6, 6.07) is 0. The summed E-state index contributed by atoms with van der Waals surface area (Å²) in [6.45, 7) is 9.41. The Kier molecular flexibility index (Phi) is 7.54. The van der Waals surface area contributed by atoms with Gasteiger partial charge in [-0.3, -0.25) is 4.79 Å². The van der Waals surface area contributed by atoms with Crippen LogP contribution in [0, 0.1) is 0 Å². The van der Waals surface area contributed by atoms with Crippen LogP contribution in [0.4, 0.5) is 0 Å². The minimum Gasteiger partial charge on any atom is -0.481 e. The number of thioether (sulfide) groups is 1. The van der Waals surface area contributed by atoms with Crippen molar-refractivity contribution in [1.82, 2.24) is 0 Å². The van der Waals surface area contributed by atoms with Crippen LogP contribution in [0.5, 0.6) is 0 Å². The van der Waals surface area contributed by atoms with Crippen molar-refractivity contribution in [3.63, 3.8) is 0 Å². The van der Waals surface area contributed by atoms with Gasteiger partial charge in [-0.1, -0.05) is 25.3 Å². The van der Waals surface area contributed by atoms with Crippen LogP contribution in [0.15, 0.2) is 22.3 Å². The Bertz CT molecular complexity index is 322. The van der Waals surface area contributed by atoms with Crippen LogP contribution < -0.4 is 0 Å². The number of amidine groups is 1. The molecule has 0 unspecified atom stereocenters. The molecule has 0 aromatic rings. The van der Waals surface area contributed by atoms with Gasteiger partial charge in [-0.2, -0.15) is 0 Å². The van der Waals surface area contributed by atoms with Crippen molar-refractivity contribution in [3.05, 3.63) is 12.3 Å². The van der Waals surface area contributed by atoms with Crippen molar-refractivity contribution in [1.29, 1.82) is 0 Å². The first-order chi connectivity index (χ1) is 7.45. The molecule has 0 atom stereocenters. The zero-order valence-corrected chi connectivity index (χ0v) is 10.8. The van der Waals surface area contributed by atoms with Crippen molar-refractivity contribution < 1.29 is 9.90 Å². The molecule has 0 saturated carbocycles. The second kappa shape index (κ2) is 8.10. The number of allylic oxidation sites excluding steroid dienone is 1. The summed E-state index contributed by atoms with van der Waals surface area (Å²) in [4.78, 5) is 18.8. The Balaban J connectivity index is 4.45. The van der Waals surface area contributed by atoms with Gasteiger partial charge in [-0.05, 0) is 20.3 Å². The van der Waals surface area contributed by atoms with E-state index in [1.807, 2.05) is 13.8 Å². The second-order valence-corrected chi connectivity index (χ2v) is 4.38. The number of hydrogen-bond acceptors (Lipinski definition) is 3. The molecule has 0 aromatic heterocycles. The van der Waals surface area contributed by atoms with E-state index in [9.17, 15) is 4.79 Å². The number of carboxylic acid groups (broad SMARTS) is 1. The van der Waals surface area contributed by atoms with Gasteiger partial charge in [-0.15, -0.1) is 0 Å². The first-order valence-electron chi connectivity index (χ1n) is 5.08. The molecule has 0 heterocycles. The van der Waals surface area contributed by atoms with E-state index >= 15 is 0 Å². The predicted molar refractivity (Wildman–Crippen MR) is 70.4 cm³/mol. The van der Waals surface area contributed by atoms with Gasteiger partial charge in [0.15, 0.2) is 5.17 Å². The molecule has 90 valence electrons. The summed E-state index contributed by atoms with van der Waals surface area (Å²) < 4.78 is 0. The maximum absolute atomic E-state index is 10.4. The van der Waals surface area contributed by atoms with Gasteiger partial charge in [0.05, 0.1) is 6.42 Å².